The molecule has 2 unspecified atom stereocenters. The minimum atomic E-state index is -0.903. The van der Waals surface area contributed by atoms with Crippen LogP contribution in [0.2, 0.25) is 0 Å². The largest absolute Gasteiger partial charge is 0.508 e. The van der Waals surface area contributed by atoms with Gasteiger partial charge in [-0.1, -0.05) is 18.1 Å². The van der Waals surface area contributed by atoms with Gasteiger partial charge in [0, 0.05) is 54.5 Å². The molecule has 4 saturated heterocycles. The van der Waals surface area contributed by atoms with Crippen LogP contribution < -0.4 is 15.0 Å². The number of benzene rings is 3. The quantitative estimate of drug-likeness (QED) is 0.322. The van der Waals surface area contributed by atoms with Crippen LogP contribution >= 0.6 is 0 Å². The number of nitrogens with zero attached hydrogens (tertiary/aromatic N) is 4. The summed E-state index contributed by atoms with van der Waals surface area (Å²) in [6.07, 6.45) is 7.93. The zero-order valence-electron chi connectivity index (χ0n) is 23.4. The molecule has 4 atom stereocenters. The van der Waals surface area contributed by atoms with Crippen LogP contribution in [-0.4, -0.2) is 76.6 Å². The van der Waals surface area contributed by atoms with Gasteiger partial charge in [0.1, 0.15) is 35.7 Å². The van der Waals surface area contributed by atoms with Crippen LogP contribution in [0, 0.1) is 24.0 Å². The fourth-order valence-electron chi connectivity index (χ4n) is 7.86. The van der Waals surface area contributed by atoms with E-state index >= 15 is 4.39 Å². The Hall–Kier alpha value is -4.07. The smallest absolute Gasteiger partial charge is 0.319 e. The molecular formula is C33H30F3N5O2. The van der Waals surface area contributed by atoms with E-state index in [-0.39, 0.29) is 46.6 Å². The Kier molecular flexibility index (Phi) is 6.01. The second-order valence-electron chi connectivity index (χ2n) is 12.3. The summed E-state index contributed by atoms with van der Waals surface area (Å²) >= 11 is 0. The van der Waals surface area contributed by atoms with Crippen molar-refractivity contribution in [3.05, 3.63) is 53.6 Å². The summed E-state index contributed by atoms with van der Waals surface area (Å²) in [6.45, 7) is 2.97. The Bertz CT molecular complexity index is 1840. The Balaban J connectivity index is 1.28. The van der Waals surface area contributed by atoms with Crippen molar-refractivity contribution in [3.8, 4) is 35.2 Å². The van der Waals surface area contributed by atoms with Gasteiger partial charge in [0.2, 0.25) is 0 Å². The maximum Gasteiger partial charge on any atom is 0.319 e. The number of aromatic hydroxyl groups is 1. The van der Waals surface area contributed by atoms with Crippen LogP contribution in [0.25, 0.3) is 32.8 Å². The number of nitrogens with one attached hydrogen (secondary N) is 1. The molecule has 1 aromatic heterocycles. The lowest BCUT2D eigenvalue weighted by atomic mass is 9.93. The van der Waals surface area contributed by atoms with Crippen LogP contribution in [0.3, 0.4) is 0 Å². The average molecular weight is 586 g/mol. The molecule has 43 heavy (non-hydrogen) atoms. The number of alkyl halides is 1. The number of rotatable bonds is 5. The first-order chi connectivity index (χ1) is 20.8. The second kappa shape index (κ2) is 9.73. The van der Waals surface area contributed by atoms with Crippen LogP contribution in [0.1, 0.15) is 31.2 Å². The third-order valence-electron chi connectivity index (χ3n) is 9.81. The van der Waals surface area contributed by atoms with E-state index in [2.05, 4.69) is 26.0 Å². The molecule has 4 aliphatic heterocycles. The minimum absolute atomic E-state index is 0.0110. The van der Waals surface area contributed by atoms with E-state index in [1.54, 1.807) is 12.1 Å². The third kappa shape index (κ3) is 4.13. The number of halogens is 3. The summed E-state index contributed by atoms with van der Waals surface area (Å²) in [5.74, 6) is 1.61. The summed E-state index contributed by atoms with van der Waals surface area (Å²) in [6, 6.07) is 9.54. The molecule has 220 valence electrons. The van der Waals surface area contributed by atoms with Gasteiger partial charge in [-0.3, -0.25) is 4.90 Å². The van der Waals surface area contributed by atoms with Gasteiger partial charge in [-0.15, -0.1) is 6.42 Å². The number of piperazine rings is 1. The van der Waals surface area contributed by atoms with Crippen LogP contribution in [0.4, 0.5) is 19.0 Å². The van der Waals surface area contributed by atoms with Gasteiger partial charge < -0.3 is 20.1 Å². The molecule has 0 amide bonds. The van der Waals surface area contributed by atoms with Crippen molar-refractivity contribution in [1.29, 1.82) is 0 Å². The van der Waals surface area contributed by atoms with Crippen molar-refractivity contribution < 1.29 is 23.0 Å². The first kappa shape index (κ1) is 26.5. The molecule has 4 aliphatic rings. The fraction of sp³-hybridized carbons (Fsp3) is 0.394. The summed E-state index contributed by atoms with van der Waals surface area (Å²) in [5, 5.41) is 15.3. The lowest BCUT2D eigenvalue weighted by Gasteiger charge is -2.32. The summed E-state index contributed by atoms with van der Waals surface area (Å²) < 4.78 is 52.1. The molecule has 2 N–H and O–H groups in total. The monoisotopic (exact) mass is 585 g/mol. The van der Waals surface area contributed by atoms with Crippen LogP contribution in [0.5, 0.6) is 11.8 Å². The lowest BCUT2D eigenvalue weighted by Crippen LogP contribution is -2.44. The Morgan fingerprint density at radius 3 is 2.81 bits per heavy atom. The molecule has 8 rings (SSSR count). The second-order valence-corrected chi connectivity index (χ2v) is 12.3. The lowest BCUT2D eigenvalue weighted by molar-refractivity contribution is 0.107. The number of phenolic OH excluding ortho intramolecular Hbond substituents is 1. The maximum atomic E-state index is 16.7. The standard InChI is InChI=1S/C33H30F3N5O2/c1-2-23-27(35)7-4-18-10-22(42)12-26(28(18)23)24-5-6-25-30(29(24)36)38-32(39-31(25)41-16-20-11-21(41)14-37-20)43-17-33-8-3-9-40(33)15-19(34)13-33/h1,4-7,10,12,19-21,37,42H,3,8-9,11,13-17H2/t19-,20?,21?,33+/m1/s1. The molecule has 3 aromatic carbocycles. The molecule has 10 heteroatoms. The van der Waals surface area contributed by atoms with Gasteiger partial charge in [-0.05, 0) is 61.0 Å². The van der Waals surface area contributed by atoms with Gasteiger partial charge in [0.25, 0.3) is 0 Å². The molecule has 2 bridgehead atoms. The summed E-state index contributed by atoms with van der Waals surface area (Å²) in [7, 11) is 0. The Morgan fingerprint density at radius 1 is 1.14 bits per heavy atom. The zero-order chi connectivity index (χ0) is 29.5. The van der Waals surface area contributed by atoms with Crippen LogP contribution in [-0.2, 0) is 0 Å². The van der Waals surface area contributed by atoms with Crippen molar-refractivity contribution >= 4 is 27.5 Å². The third-order valence-corrected chi connectivity index (χ3v) is 9.81. The molecule has 0 saturated carbocycles. The summed E-state index contributed by atoms with van der Waals surface area (Å²) in [4.78, 5) is 13.7. The normalized spacial score (nSPS) is 26.5. The highest BCUT2D eigenvalue weighted by Gasteiger charge is 2.49. The van der Waals surface area contributed by atoms with Crippen molar-refractivity contribution in [1.82, 2.24) is 20.2 Å². The number of hydrogen-bond donors (Lipinski definition) is 2. The predicted octanol–water partition coefficient (Wildman–Crippen LogP) is 4.92. The molecule has 5 heterocycles. The number of anilines is 1. The van der Waals surface area contributed by atoms with Crippen molar-refractivity contribution in [2.24, 2.45) is 0 Å². The Labute approximate surface area is 246 Å². The molecule has 4 fully saturated rings. The van der Waals surface area contributed by atoms with E-state index in [0.29, 0.717) is 41.0 Å². The van der Waals surface area contributed by atoms with Crippen molar-refractivity contribution in [2.45, 2.75) is 49.5 Å². The van der Waals surface area contributed by atoms with E-state index in [4.69, 9.17) is 16.1 Å². The minimum Gasteiger partial charge on any atom is -0.508 e. The van der Waals surface area contributed by atoms with Gasteiger partial charge >= 0.3 is 6.01 Å². The zero-order valence-corrected chi connectivity index (χ0v) is 23.4. The molecule has 7 nitrogen and oxygen atoms in total. The first-order valence-corrected chi connectivity index (χ1v) is 14.8. The van der Waals surface area contributed by atoms with Gasteiger partial charge in [-0.25, -0.2) is 13.2 Å². The SMILES string of the molecule is C#Cc1c(F)ccc2cc(O)cc(-c3ccc4c(N5CC6CC5CN6)nc(OC[C@@]56CCCN5C[C@H](F)C6)nc4c3F)c12. The van der Waals surface area contributed by atoms with E-state index in [0.717, 1.165) is 38.9 Å². The van der Waals surface area contributed by atoms with Crippen LogP contribution in [0.15, 0.2) is 36.4 Å². The van der Waals surface area contributed by atoms with E-state index in [1.165, 1.54) is 24.3 Å². The van der Waals surface area contributed by atoms with E-state index < -0.39 is 23.3 Å². The Morgan fingerprint density at radius 2 is 2.02 bits per heavy atom. The summed E-state index contributed by atoms with van der Waals surface area (Å²) in [5.41, 5.74) is 0.00851. The highest BCUT2D eigenvalue weighted by Crippen LogP contribution is 2.43. The van der Waals surface area contributed by atoms with Crippen molar-refractivity contribution in [2.75, 3.05) is 37.7 Å². The van der Waals surface area contributed by atoms with E-state index in [9.17, 15) is 13.9 Å². The molecule has 0 spiro atoms. The topological polar surface area (TPSA) is 73.8 Å². The first-order valence-electron chi connectivity index (χ1n) is 14.8. The predicted molar refractivity (Wildman–Crippen MR) is 158 cm³/mol. The number of terminal acetylenes is 1. The molecular weight excluding hydrogens is 555 g/mol. The van der Waals surface area contributed by atoms with Gasteiger partial charge in [0.05, 0.1) is 11.1 Å². The molecule has 0 radical (unpaired) electrons. The number of aromatic nitrogens is 2. The molecule has 4 aromatic rings. The average Bonchev–Trinajstić information content (AvgIpc) is 3.77. The molecule has 0 aliphatic carbocycles. The highest BCUT2D eigenvalue weighted by molar-refractivity contribution is 6.04. The van der Waals surface area contributed by atoms with Crippen molar-refractivity contribution in [3.63, 3.8) is 0 Å². The number of fused-ring (bicyclic) bond motifs is 5. The number of ether oxygens (including phenoxy) is 1. The maximum absolute atomic E-state index is 16.7. The van der Waals surface area contributed by atoms with E-state index in [1.807, 2.05) is 0 Å². The number of phenols is 1. The fourth-order valence-corrected chi connectivity index (χ4v) is 7.86. The van der Waals surface area contributed by atoms with Gasteiger partial charge in [0.15, 0.2) is 5.82 Å². The highest BCUT2D eigenvalue weighted by atomic mass is 19.1. The van der Waals surface area contributed by atoms with Gasteiger partial charge in [-0.2, -0.15) is 9.97 Å². The number of hydrogen-bond acceptors (Lipinski definition) is 7.